The lowest BCUT2D eigenvalue weighted by Gasteiger charge is -2.28. The van der Waals surface area contributed by atoms with Crippen LogP contribution < -0.4 is 10.2 Å². The molecule has 0 fully saturated rings. The highest BCUT2D eigenvalue weighted by Gasteiger charge is 2.34. The fourth-order valence-corrected chi connectivity index (χ4v) is 3.05. The predicted octanol–water partition coefficient (Wildman–Crippen LogP) is 2.62. The number of carbonyl (C=O) groups excluding carboxylic acids is 1. The smallest absolute Gasteiger partial charge is 0.320 e. The molecule has 1 aliphatic rings. The molecule has 0 aliphatic carbocycles. The first-order valence-electron chi connectivity index (χ1n) is 7.85. The Morgan fingerprint density at radius 1 is 1.39 bits per heavy atom. The summed E-state index contributed by atoms with van der Waals surface area (Å²) in [6, 6.07) is 6.77. The molecule has 3 atom stereocenters. The molecule has 23 heavy (non-hydrogen) atoms. The number of fused-ring (bicyclic) bond motifs is 1. The van der Waals surface area contributed by atoms with E-state index in [1.54, 1.807) is 11.8 Å². The van der Waals surface area contributed by atoms with E-state index in [4.69, 9.17) is 0 Å². The second kappa shape index (κ2) is 8.31. The monoisotopic (exact) mass is 340 g/mol. The second-order valence-corrected chi connectivity index (χ2v) is 5.96. The van der Waals surface area contributed by atoms with E-state index in [9.17, 15) is 14.7 Å². The number of carbonyl (C=O) groups is 2. The van der Waals surface area contributed by atoms with Crippen LogP contribution in [0.3, 0.4) is 0 Å². The molecule has 0 radical (unpaired) electrons. The summed E-state index contributed by atoms with van der Waals surface area (Å²) in [4.78, 5) is 25.8. The Kier molecular flexibility index (Phi) is 7.03. The average Bonchev–Trinajstić information content (AvgIpc) is 2.81. The fraction of sp³-hybridized carbons (Fsp3) is 0.529. The molecule has 0 spiro atoms. The summed E-state index contributed by atoms with van der Waals surface area (Å²) in [6.45, 7) is 5.69. The molecular weight excluding hydrogens is 316 g/mol. The number of rotatable bonds is 6. The molecule has 0 saturated heterocycles. The fourth-order valence-electron chi connectivity index (χ4n) is 3.05. The summed E-state index contributed by atoms with van der Waals surface area (Å²) in [5.41, 5.74) is 2.11. The lowest BCUT2D eigenvalue weighted by atomic mass is 10.1. The quantitative estimate of drug-likeness (QED) is 0.835. The summed E-state index contributed by atoms with van der Waals surface area (Å²) < 4.78 is 0. The molecule has 1 amide bonds. The Bertz CT molecular complexity index is 565. The van der Waals surface area contributed by atoms with Crippen molar-refractivity contribution in [3.8, 4) is 0 Å². The van der Waals surface area contributed by atoms with Gasteiger partial charge in [-0.2, -0.15) is 0 Å². The molecule has 128 valence electrons. The number of halogens is 1. The minimum Gasteiger partial charge on any atom is -0.480 e. The van der Waals surface area contributed by atoms with Crippen LogP contribution in [-0.4, -0.2) is 35.1 Å². The lowest BCUT2D eigenvalue weighted by molar-refractivity contribution is -0.140. The van der Waals surface area contributed by atoms with E-state index >= 15 is 0 Å². The zero-order valence-corrected chi connectivity index (χ0v) is 14.6. The Labute approximate surface area is 143 Å². The summed E-state index contributed by atoms with van der Waals surface area (Å²) in [5.74, 6) is -0.976. The van der Waals surface area contributed by atoms with Gasteiger partial charge in [-0.05, 0) is 38.3 Å². The number of para-hydroxylation sites is 1. The molecular formula is C17H25ClN2O3. The molecule has 5 nitrogen and oxygen atoms in total. The molecule has 2 rings (SSSR count). The highest BCUT2D eigenvalue weighted by Crippen LogP contribution is 2.32. The standard InChI is InChI=1S/C17H24N2O3.ClH/c1-4-7-14(17(21)22)18-12(3)16(20)19-11(2)10-13-8-5-6-9-15(13)19;/h5-6,8-9,11-12,14,18H,4,7,10H2,1-3H3,(H,21,22);1H. The zero-order valence-electron chi connectivity index (χ0n) is 13.8. The molecule has 1 aromatic rings. The Morgan fingerprint density at radius 2 is 2.04 bits per heavy atom. The number of anilines is 1. The van der Waals surface area contributed by atoms with Gasteiger partial charge in [-0.15, -0.1) is 12.4 Å². The number of aliphatic carboxylic acids is 1. The lowest BCUT2D eigenvalue weighted by Crippen LogP contribution is -2.52. The van der Waals surface area contributed by atoms with Crippen LogP contribution in [0.5, 0.6) is 0 Å². The van der Waals surface area contributed by atoms with E-state index in [0.29, 0.717) is 6.42 Å². The van der Waals surface area contributed by atoms with E-state index in [0.717, 1.165) is 18.5 Å². The molecule has 1 heterocycles. The summed E-state index contributed by atoms with van der Waals surface area (Å²) in [6.07, 6.45) is 2.11. The first kappa shape index (κ1) is 19.5. The third-order valence-corrected chi connectivity index (χ3v) is 4.14. The second-order valence-electron chi connectivity index (χ2n) is 5.96. The van der Waals surface area contributed by atoms with Crippen LogP contribution in [0.1, 0.15) is 39.2 Å². The van der Waals surface area contributed by atoms with Crippen LogP contribution in [0.4, 0.5) is 5.69 Å². The summed E-state index contributed by atoms with van der Waals surface area (Å²) in [7, 11) is 0. The number of carboxylic acids is 1. The van der Waals surface area contributed by atoms with Gasteiger partial charge < -0.3 is 10.0 Å². The molecule has 0 saturated carbocycles. The van der Waals surface area contributed by atoms with Crippen molar-refractivity contribution in [1.29, 1.82) is 0 Å². The number of amides is 1. The third kappa shape index (κ3) is 4.24. The van der Waals surface area contributed by atoms with Crippen molar-refractivity contribution < 1.29 is 14.7 Å². The van der Waals surface area contributed by atoms with Gasteiger partial charge in [0.15, 0.2) is 0 Å². The largest absolute Gasteiger partial charge is 0.480 e. The van der Waals surface area contributed by atoms with Crippen LogP contribution in [0.2, 0.25) is 0 Å². The first-order valence-corrected chi connectivity index (χ1v) is 7.85. The molecule has 0 aromatic heterocycles. The maximum Gasteiger partial charge on any atom is 0.320 e. The number of carboxylic acid groups (broad SMARTS) is 1. The highest BCUT2D eigenvalue weighted by atomic mass is 35.5. The van der Waals surface area contributed by atoms with E-state index in [-0.39, 0.29) is 24.4 Å². The van der Waals surface area contributed by atoms with Crippen LogP contribution in [0.15, 0.2) is 24.3 Å². The first-order chi connectivity index (χ1) is 10.5. The molecule has 2 N–H and O–H groups in total. The van der Waals surface area contributed by atoms with Crippen molar-refractivity contribution in [1.82, 2.24) is 5.32 Å². The van der Waals surface area contributed by atoms with Crippen LogP contribution in [0.25, 0.3) is 0 Å². The minimum absolute atomic E-state index is 0. The van der Waals surface area contributed by atoms with Crippen molar-refractivity contribution >= 4 is 30.0 Å². The van der Waals surface area contributed by atoms with Gasteiger partial charge in [0.05, 0.1) is 6.04 Å². The normalized spacial score (nSPS) is 18.7. The highest BCUT2D eigenvalue weighted by molar-refractivity contribution is 5.99. The van der Waals surface area contributed by atoms with Gasteiger partial charge in [0.2, 0.25) is 5.91 Å². The number of nitrogens with zero attached hydrogens (tertiary/aromatic N) is 1. The molecule has 1 aromatic carbocycles. The Balaban J connectivity index is 0.00000264. The van der Waals surface area contributed by atoms with Gasteiger partial charge in [0.25, 0.3) is 0 Å². The van der Waals surface area contributed by atoms with Gasteiger partial charge >= 0.3 is 5.97 Å². The van der Waals surface area contributed by atoms with Crippen molar-refractivity contribution in [3.63, 3.8) is 0 Å². The van der Waals surface area contributed by atoms with E-state index in [1.807, 2.05) is 38.1 Å². The molecule has 6 heteroatoms. The van der Waals surface area contributed by atoms with Crippen molar-refractivity contribution in [2.75, 3.05) is 4.90 Å². The number of hydrogen-bond donors (Lipinski definition) is 2. The van der Waals surface area contributed by atoms with Gasteiger partial charge in [-0.3, -0.25) is 14.9 Å². The topological polar surface area (TPSA) is 69.6 Å². The molecule has 1 aliphatic heterocycles. The number of hydrogen-bond acceptors (Lipinski definition) is 3. The van der Waals surface area contributed by atoms with Gasteiger partial charge in [0, 0.05) is 11.7 Å². The Hall–Kier alpha value is -1.59. The van der Waals surface area contributed by atoms with Gasteiger partial charge in [-0.25, -0.2) is 0 Å². The SMILES string of the molecule is CCCC(NC(C)C(=O)N1c2ccccc2CC1C)C(=O)O.Cl. The maximum absolute atomic E-state index is 12.8. The van der Waals surface area contributed by atoms with Crippen LogP contribution in [0, 0.1) is 0 Å². The third-order valence-electron chi connectivity index (χ3n) is 4.14. The molecule has 0 bridgehead atoms. The predicted molar refractivity (Wildman–Crippen MR) is 93.3 cm³/mol. The minimum atomic E-state index is -0.906. The van der Waals surface area contributed by atoms with Crippen molar-refractivity contribution in [2.24, 2.45) is 0 Å². The average molecular weight is 341 g/mol. The van der Waals surface area contributed by atoms with E-state index < -0.39 is 18.1 Å². The zero-order chi connectivity index (χ0) is 16.3. The number of benzene rings is 1. The summed E-state index contributed by atoms with van der Waals surface area (Å²) >= 11 is 0. The van der Waals surface area contributed by atoms with Crippen LogP contribution >= 0.6 is 12.4 Å². The van der Waals surface area contributed by atoms with Gasteiger partial charge in [0.1, 0.15) is 6.04 Å². The Morgan fingerprint density at radius 3 is 2.65 bits per heavy atom. The summed E-state index contributed by atoms with van der Waals surface area (Å²) in [5, 5.41) is 12.2. The van der Waals surface area contributed by atoms with Gasteiger partial charge in [-0.1, -0.05) is 31.5 Å². The van der Waals surface area contributed by atoms with E-state index in [1.165, 1.54) is 5.56 Å². The van der Waals surface area contributed by atoms with Crippen LogP contribution in [-0.2, 0) is 16.0 Å². The van der Waals surface area contributed by atoms with Crippen molar-refractivity contribution in [2.45, 2.75) is 58.2 Å². The maximum atomic E-state index is 12.8. The number of nitrogens with one attached hydrogen (secondary N) is 1. The van der Waals surface area contributed by atoms with E-state index in [2.05, 4.69) is 5.32 Å². The van der Waals surface area contributed by atoms with Crippen molar-refractivity contribution in [3.05, 3.63) is 29.8 Å². The molecule has 3 unspecified atom stereocenters.